The number of H-pyrrole nitrogens is 1. The smallest absolute Gasteiger partial charge is 0.313 e. The quantitative estimate of drug-likeness (QED) is 0.618. The summed E-state index contributed by atoms with van der Waals surface area (Å²) < 4.78 is 0. The second-order valence-electron chi connectivity index (χ2n) is 3.95. The topological polar surface area (TPSA) is 69.2 Å². The van der Waals surface area contributed by atoms with Gasteiger partial charge < -0.3 is 10.2 Å². The summed E-state index contributed by atoms with van der Waals surface area (Å²) in [6.07, 6.45) is 4.24. The summed E-state index contributed by atoms with van der Waals surface area (Å²) in [5, 5.41) is 11.1. The van der Waals surface area contributed by atoms with Gasteiger partial charge in [-0.1, -0.05) is 0 Å². The van der Waals surface area contributed by atoms with Crippen LogP contribution in [0.4, 0.5) is 0 Å². The zero-order valence-electron chi connectivity index (χ0n) is 7.60. The molecule has 74 valence electrons. The highest BCUT2D eigenvalue weighted by Gasteiger charge is 2.39. The minimum Gasteiger partial charge on any atom is -0.313 e. The van der Waals surface area contributed by atoms with E-state index in [-0.39, 0.29) is 17.8 Å². The average Bonchev–Trinajstić information content (AvgIpc) is 2.44. The molecule has 0 spiro atoms. The van der Waals surface area contributed by atoms with Crippen LogP contribution in [0.25, 0.3) is 0 Å². The molecule has 1 fully saturated rings. The van der Waals surface area contributed by atoms with Crippen LogP contribution in [0, 0.1) is 0 Å². The normalized spacial score (nSPS) is 30.4. The summed E-state index contributed by atoms with van der Waals surface area (Å²) in [6.45, 7) is 0. The SMILES string of the molecule is O=c1ncc2c([nH]1)CC1CCC2N1O. The van der Waals surface area contributed by atoms with Gasteiger partial charge in [-0.25, -0.2) is 9.78 Å². The molecule has 0 aliphatic carbocycles. The van der Waals surface area contributed by atoms with Gasteiger partial charge in [0.15, 0.2) is 0 Å². The van der Waals surface area contributed by atoms with Gasteiger partial charge in [-0.05, 0) is 12.8 Å². The van der Waals surface area contributed by atoms with E-state index in [1.165, 1.54) is 5.06 Å². The maximum absolute atomic E-state index is 11.0. The van der Waals surface area contributed by atoms with E-state index in [4.69, 9.17) is 0 Å². The van der Waals surface area contributed by atoms with Gasteiger partial charge in [-0.2, -0.15) is 5.06 Å². The van der Waals surface area contributed by atoms with Crippen molar-refractivity contribution < 1.29 is 5.21 Å². The van der Waals surface area contributed by atoms with E-state index in [1.54, 1.807) is 6.20 Å². The summed E-state index contributed by atoms with van der Waals surface area (Å²) in [4.78, 5) is 17.5. The third kappa shape index (κ3) is 0.964. The molecular formula is C9H11N3O2. The molecule has 0 radical (unpaired) electrons. The monoisotopic (exact) mass is 193 g/mol. The van der Waals surface area contributed by atoms with Gasteiger partial charge in [0.1, 0.15) is 0 Å². The molecular weight excluding hydrogens is 182 g/mol. The number of aromatic amines is 1. The van der Waals surface area contributed by atoms with Gasteiger partial charge in [-0.15, -0.1) is 0 Å². The highest BCUT2D eigenvalue weighted by atomic mass is 16.5. The summed E-state index contributed by atoms with van der Waals surface area (Å²) in [6, 6.07) is 0.207. The van der Waals surface area contributed by atoms with Gasteiger partial charge in [0.05, 0.1) is 6.04 Å². The molecule has 0 aromatic carbocycles. The Morgan fingerprint density at radius 2 is 2.43 bits per heavy atom. The lowest BCUT2D eigenvalue weighted by molar-refractivity contribution is -0.141. The number of nitrogens with one attached hydrogen (secondary N) is 1. The minimum absolute atomic E-state index is 0.0353. The maximum Gasteiger partial charge on any atom is 0.345 e. The molecule has 2 N–H and O–H groups in total. The van der Waals surface area contributed by atoms with Gasteiger partial charge in [0.2, 0.25) is 0 Å². The van der Waals surface area contributed by atoms with E-state index in [0.29, 0.717) is 0 Å². The van der Waals surface area contributed by atoms with Crippen molar-refractivity contribution in [3.05, 3.63) is 27.9 Å². The molecule has 2 aliphatic heterocycles. The Hall–Kier alpha value is -1.20. The van der Waals surface area contributed by atoms with E-state index in [2.05, 4.69) is 9.97 Å². The number of fused-ring (bicyclic) bond motifs is 4. The highest BCUT2D eigenvalue weighted by Crippen LogP contribution is 2.40. The second-order valence-corrected chi connectivity index (χ2v) is 3.95. The molecule has 1 saturated heterocycles. The lowest BCUT2D eigenvalue weighted by Gasteiger charge is -2.30. The Labute approximate surface area is 80.4 Å². The van der Waals surface area contributed by atoms with Crippen LogP contribution in [-0.4, -0.2) is 26.3 Å². The van der Waals surface area contributed by atoms with Crippen molar-refractivity contribution in [1.82, 2.24) is 15.0 Å². The molecule has 2 unspecified atom stereocenters. The first kappa shape index (κ1) is 8.14. The van der Waals surface area contributed by atoms with Gasteiger partial charge in [-0.3, -0.25) is 0 Å². The molecule has 0 amide bonds. The zero-order chi connectivity index (χ0) is 9.71. The van der Waals surface area contributed by atoms with Crippen LogP contribution in [0.2, 0.25) is 0 Å². The van der Waals surface area contributed by atoms with Crippen LogP contribution in [-0.2, 0) is 6.42 Å². The Bertz CT molecular complexity index is 428. The fourth-order valence-electron chi connectivity index (χ4n) is 2.49. The standard InChI is InChI=1S/C9H11N3O2/c13-9-10-4-6-7(11-9)3-5-1-2-8(6)12(5)14/h4-5,8,14H,1-3H2,(H,10,11,13). The number of hydrogen-bond donors (Lipinski definition) is 2. The van der Waals surface area contributed by atoms with E-state index < -0.39 is 0 Å². The number of rotatable bonds is 0. The van der Waals surface area contributed by atoms with Crippen LogP contribution in [0.15, 0.2) is 11.0 Å². The lowest BCUT2D eigenvalue weighted by Crippen LogP contribution is -2.36. The first-order valence-corrected chi connectivity index (χ1v) is 4.81. The van der Waals surface area contributed by atoms with E-state index in [0.717, 1.165) is 30.5 Å². The minimum atomic E-state index is -0.297. The largest absolute Gasteiger partial charge is 0.345 e. The number of hydrogen-bond acceptors (Lipinski definition) is 4. The summed E-state index contributed by atoms with van der Waals surface area (Å²) in [5.41, 5.74) is 1.62. The second kappa shape index (κ2) is 2.65. The third-order valence-electron chi connectivity index (χ3n) is 3.19. The lowest BCUT2D eigenvalue weighted by atomic mass is 10.0. The molecule has 2 bridgehead atoms. The molecule has 0 saturated carbocycles. The Kier molecular flexibility index (Phi) is 1.54. The fourth-order valence-corrected chi connectivity index (χ4v) is 2.49. The highest BCUT2D eigenvalue weighted by molar-refractivity contribution is 5.26. The van der Waals surface area contributed by atoms with E-state index in [1.807, 2.05) is 0 Å². The van der Waals surface area contributed by atoms with Gasteiger partial charge >= 0.3 is 5.69 Å². The van der Waals surface area contributed by atoms with Crippen LogP contribution in [0.1, 0.15) is 30.1 Å². The van der Waals surface area contributed by atoms with Gasteiger partial charge in [0, 0.05) is 29.9 Å². The van der Waals surface area contributed by atoms with Crippen molar-refractivity contribution in [2.45, 2.75) is 31.3 Å². The number of nitrogens with zero attached hydrogens (tertiary/aromatic N) is 2. The molecule has 1 aromatic heterocycles. The average molecular weight is 193 g/mol. The van der Waals surface area contributed by atoms with Crippen LogP contribution < -0.4 is 5.69 Å². The summed E-state index contributed by atoms with van der Waals surface area (Å²) in [5.74, 6) is 0. The first-order valence-electron chi connectivity index (χ1n) is 4.81. The fraction of sp³-hybridized carbons (Fsp3) is 0.556. The zero-order valence-corrected chi connectivity index (χ0v) is 7.60. The van der Waals surface area contributed by atoms with Crippen molar-refractivity contribution in [2.24, 2.45) is 0 Å². The summed E-state index contributed by atoms with van der Waals surface area (Å²) in [7, 11) is 0. The van der Waals surface area contributed by atoms with Crippen molar-refractivity contribution in [2.75, 3.05) is 0 Å². The van der Waals surface area contributed by atoms with Crippen molar-refractivity contribution in [1.29, 1.82) is 0 Å². The Morgan fingerprint density at radius 3 is 3.29 bits per heavy atom. The Morgan fingerprint density at radius 1 is 1.57 bits per heavy atom. The molecule has 2 atom stereocenters. The third-order valence-corrected chi connectivity index (χ3v) is 3.19. The van der Waals surface area contributed by atoms with Crippen LogP contribution in [0.3, 0.4) is 0 Å². The Balaban J connectivity index is 2.16. The predicted molar refractivity (Wildman–Crippen MR) is 48.0 cm³/mol. The van der Waals surface area contributed by atoms with Crippen molar-refractivity contribution in [3.63, 3.8) is 0 Å². The van der Waals surface area contributed by atoms with Crippen LogP contribution in [0.5, 0.6) is 0 Å². The predicted octanol–water partition coefficient (Wildman–Crippen LogP) is 0.221. The molecule has 1 aromatic rings. The molecule has 3 heterocycles. The molecule has 14 heavy (non-hydrogen) atoms. The summed E-state index contributed by atoms with van der Waals surface area (Å²) >= 11 is 0. The first-order chi connectivity index (χ1) is 6.75. The van der Waals surface area contributed by atoms with Crippen molar-refractivity contribution >= 4 is 0 Å². The van der Waals surface area contributed by atoms with E-state index in [9.17, 15) is 10.0 Å². The molecule has 2 aliphatic rings. The van der Waals surface area contributed by atoms with Crippen LogP contribution >= 0.6 is 0 Å². The van der Waals surface area contributed by atoms with E-state index >= 15 is 0 Å². The van der Waals surface area contributed by atoms with Crippen molar-refractivity contribution in [3.8, 4) is 0 Å². The maximum atomic E-state index is 11.0. The molecule has 5 nitrogen and oxygen atoms in total. The number of hydroxylamine groups is 2. The molecule has 5 heteroatoms. The van der Waals surface area contributed by atoms with Gasteiger partial charge in [0.25, 0.3) is 0 Å². The number of aromatic nitrogens is 2. The molecule has 3 rings (SSSR count).